The van der Waals surface area contributed by atoms with Crippen LogP contribution < -0.4 is 5.73 Å². The van der Waals surface area contributed by atoms with Gasteiger partial charge in [-0.05, 0) is 34.5 Å². The maximum absolute atomic E-state index is 10.4. The summed E-state index contributed by atoms with van der Waals surface area (Å²) in [6, 6.07) is 9.80. The fraction of sp³-hybridized carbons (Fsp3) is 0.286. The van der Waals surface area contributed by atoms with Gasteiger partial charge in [0, 0.05) is 18.0 Å². The molecule has 0 fully saturated rings. The monoisotopic (exact) mass is 309 g/mol. The molecule has 0 aliphatic rings. The molecule has 0 bridgehead atoms. The van der Waals surface area contributed by atoms with Crippen LogP contribution in [0.1, 0.15) is 28.7 Å². The second kappa shape index (κ2) is 5.69. The predicted octanol–water partition coefficient (Wildman–Crippen LogP) is 3.13. The molecule has 0 spiro atoms. The van der Waals surface area contributed by atoms with Crippen LogP contribution in [-0.2, 0) is 0 Å². The highest BCUT2D eigenvalue weighted by molar-refractivity contribution is 9.10. The summed E-state index contributed by atoms with van der Waals surface area (Å²) >= 11 is 3.28. The smallest absolute Gasteiger partial charge is 0.174 e. The maximum atomic E-state index is 10.4. The summed E-state index contributed by atoms with van der Waals surface area (Å²) < 4.78 is 5.71. The molecule has 3 nitrogen and oxygen atoms in total. The van der Waals surface area contributed by atoms with Crippen LogP contribution in [0.4, 0.5) is 0 Å². The molecule has 18 heavy (non-hydrogen) atoms. The number of rotatable bonds is 4. The van der Waals surface area contributed by atoms with E-state index < -0.39 is 6.10 Å². The molecule has 1 heterocycles. The van der Waals surface area contributed by atoms with Crippen molar-refractivity contribution in [1.82, 2.24) is 0 Å². The average molecular weight is 310 g/mol. The summed E-state index contributed by atoms with van der Waals surface area (Å²) in [5, 5.41) is 10.4. The van der Waals surface area contributed by atoms with E-state index >= 15 is 0 Å². The summed E-state index contributed by atoms with van der Waals surface area (Å²) in [7, 11) is 0. The molecular weight excluding hydrogens is 294 g/mol. The zero-order valence-electron chi connectivity index (χ0n) is 10.1. The van der Waals surface area contributed by atoms with Crippen LogP contribution in [0.5, 0.6) is 0 Å². The topological polar surface area (TPSA) is 59.4 Å². The first kappa shape index (κ1) is 13.3. The average Bonchev–Trinajstić information content (AvgIpc) is 2.76. The predicted molar refractivity (Wildman–Crippen MR) is 74.3 cm³/mol. The second-order valence-electron chi connectivity index (χ2n) is 4.35. The summed E-state index contributed by atoms with van der Waals surface area (Å²) in [5.41, 5.74) is 8.73. The molecule has 2 rings (SSSR count). The van der Waals surface area contributed by atoms with Crippen molar-refractivity contribution in [2.45, 2.75) is 18.9 Å². The fourth-order valence-electron chi connectivity index (χ4n) is 2.08. The van der Waals surface area contributed by atoms with Gasteiger partial charge in [0.15, 0.2) is 4.67 Å². The van der Waals surface area contributed by atoms with Crippen molar-refractivity contribution in [1.29, 1.82) is 0 Å². The molecule has 0 aliphatic heterocycles. The first-order valence-electron chi connectivity index (χ1n) is 5.81. The number of aliphatic hydroxyl groups excluding tert-OH is 1. The molecule has 96 valence electrons. The maximum Gasteiger partial charge on any atom is 0.174 e. The Morgan fingerprint density at radius 2 is 2.17 bits per heavy atom. The molecule has 0 aliphatic carbocycles. The Morgan fingerprint density at radius 3 is 2.72 bits per heavy atom. The first-order chi connectivity index (χ1) is 8.63. The van der Waals surface area contributed by atoms with Crippen LogP contribution >= 0.6 is 15.9 Å². The minimum atomic E-state index is -0.676. The van der Waals surface area contributed by atoms with E-state index in [0.717, 1.165) is 16.7 Å². The number of hydrogen-bond donors (Lipinski definition) is 2. The van der Waals surface area contributed by atoms with Gasteiger partial charge in [0.1, 0.15) is 0 Å². The summed E-state index contributed by atoms with van der Waals surface area (Å²) in [4.78, 5) is 0. The molecule has 0 amide bonds. The minimum Gasteiger partial charge on any atom is -0.457 e. The number of aryl methyl sites for hydroxylation is 1. The third-order valence-electron chi connectivity index (χ3n) is 3.07. The molecule has 1 aromatic heterocycles. The minimum absolute atomic E-state index is 0.140. The van der Waals surface area contributed by atoms with Crippen molar-refractivity contribution >= 4 is 15.9 Å². The van der Waals surface area contributed by atoms with Gasteiger partial charge in [-0.25, -0.2) is 0 Å². The third-order valence-corrected chi connectivity index (χ3v) is 3.71. The van der Waals surface area contributed by atoms with E-state index in [4.69, 9.17) is 10.2 Å². The number of nitrogens with two attached hydrogens (primary N) is 1. The van der Waals surface area contributed by atoms with Crippen molar-refractivity contribution in [3.05, 3.63) is 58.0 Å². The number of furan rings is 1. The molecule has 2 unspecified atom stereocenters. The normalized spacial score (nSPS) is 14.4. The van der Waals surface area contributed by atoms with Gasteiger partial charge in [0.25, 0.3) is 0 Å². The standard InChI is InChI=1S/C14H16BrNO2/c1-9-3-2-4-10(7-9)12(8-16)13(17)11-5-6-18-14(11)15/h2-7,12-13,17H,8,16H2,1H3. The summed E-state index contributed by atoms with van der Waals surface area (Å²) in [5.74, 6) is -0.140. The Labute approximate surface area is 115 Å². The lowest BCUT2D eigenvalue weighted by Crippen LogP contribution is -2.20. The van der Waals surface area contributed by atoms with E-state index in [-0.39, 0.29) is 5.92 Å². The molecule has 0 saturated heterocycles. The van der Waals surface area contributed by atoms with E-state index in [1.807, 2.05) is 25.1 Å². The van der Waals surface area contributed by atoms with E-state index in [0.29, 0.717) is 11.2 Å². The number of benzene rings is 1. The zero-order valence-corrected chi connectivity index (χ0v) is 11.7. The number of aliphatic hydroxyl groups is 1. The van der Waals surface area contributed by atoms with Gasteiger partial charge in [0.05, 0.1) is 12.4 Å². The van der Waals surface area contributed by atoms with Gasteiger partial charge in [0.2, 0.25) is 0 Å². The number of halogens is 1. The number of hydrogen-bond acceptors (Lipinski definition) is 3. The van der Waals surface area contributed by atoms with Gasteiger partial charge >= 0.3 is 0 Å². The highest BCUT2D eigenvalue weighted by Crippen LogP contribution is 2.34. The van der Waals surface area contributed by atoms with Crippen LogP contribution in [0.25, 0.3) is 0 Å². The van der Waals surface area contributed by atoms with E-state index in [1.165, 1.54) is 0 Å². The molecule has 3 N–H and O–H groups in total. The zero-order chi connectivity index (χ0) is 13.1. The van der Waals surface area contributed by atoms with Gasteiger partial charge < -0.3 is 15.3 Å². The summed E-state index contributed by atoms with van der Waals surface area (Å²) in [6.07, 6.45) is 0.872. The lowest BCUT2D eigenvalue weighted by atomic mass is 9.89. The Kier molecular flexibility index (Phi) is 4.22. The molecule has 2 atom stereocenters. The van der Waals surface area contributed by atoms with Crippen molar-refractivity contribution in [2.24, 2.45) is 5.73 Å². The highest BCUT2D eigenvalue weighted by atomic mass is 79.9. The second-order valence-corrected chi connectivity index (χ2v) is 5.07. The molecular formula is C14H16BrNO2. The highest BCUT2D eigenvalue weighted by Gasteiger charge is 2.24. The van der Waals surface area contributed by atoms with Gasteiger partial charge in [-0.2, -0.15) is 0 Å². The molecule has 2 aromatic rings. The lowest BCUT2D eigenvalue weighted by molar-refractivity contribution is 0.145. The van der Waals surface area contributed by atoms with Gasteiger partial charge in [-0.3, -0.25) is 0 Å². The van der Waals surface area contributed by atoms with E-state index in [1.54, 1.807) is 12.3 Å². The van der Waals surface area contributed by atoms with Crippen LogP contribution in [0.2, 0.25) is 0 Å². The first-order valence-corrected chi connectivity index (χ1v) is 6.60. The Hall–Kier alpha value is -1.10. The molecule has 1 aromatic carbocycles. The van der Waals surface area contributed by atoms with Crippen molar-refractivity contribution in [3.63, 3.8) is 0 Å². The summed E-state index contributed by atoms with van der Waals surface area (Å²) in [6.45, 7) is 2.40. The van der Waals surface area contributed by atoms with Crippen molar-refractivity contribution in [2.75, 3.05) is 6.54 Å². The largest absolute Gasteiger partial charge is 0.457 e. The van der Waals surface area contributed by atoms with Crippen molar-refractivity contribution < 1.29 is 9.52 Å². The fourth-order valence-corrected chi connectivity index (χ4v) is 2.55. The Bertz CT molecular complexity index is 524. The van der Waals surface area contributed by atoms with Crippen LogP contribution in [-0.4, -0.2) is 11.7 Å². The lowest BCUT2D eigenvalue weighted by Gasteiger charge is -2.21. The van der Waals surface area contributed by atoms with E-state index in [2.05, 4.69) is 22.0 Å². The molecule has 0 radical (unpaired) electrons. The quantitative estimate of drug-likeness (QED) is 0.912. The van der Waals surface area contributed by atoms with Crippen LogP contribution in [0.3, 0.4) is 0 Å². The molecule has 0 saturated carbocycles. The SMILES string of the molecule is Cc1cccc(C(CN)C(O)c2ccoc2Br)c1. The molecule has 4 heteroatoms. The van der Waals surface area contributed by atoms with Crippen LogP contribution in [0.15, 0.2) is 45.7 Å². The van der Waals surface area contributed by atoms with Gasteiger partial charge in [-0.15, -0.1) is 0 Å². The van der Waals surface area contributed by atoms with Crippen molar-refractivity contribution in [3.8, 4) is 0 Å². The van der Waals surface area contributed by atoms with E-state index in [9.17, 15) is 5.11 Å². The van der Waals surface area contributed by atoms with Crippen LogP contribution in [0, 0.1) is 6.92 Å². The Morgan fingerprint density at radius 1 is 1.39 bits per heavy atom. The van der Waals surface area contributed by atoms with Gasteiger partial charge in [-0.1, -0.05) is 29.8 Å². The Balaban J connectivity index is 2.32. The third kappa shape index (κ3) is 2.66.